The van der Waals surface area contributed by atoms with Gasteiger partial charge in [-0.15, -0.1) is 0 Å². The van der Waals surface area contributed by atoms with E-state index in [2.05, 4.69) is 15.4 Å². The summed E-state index contributed by atoms with van der Waals surface area (Å²) in [6, 6.07) is 9.16. The minimum Gasteiger partial charge on any atom is -0.496 e. The number of nitrogens with one attached hydrogen (secondary N) is 1. The van der Waals surface area contributed by atoms with Gasteiger partial charge in [0.2, 0.25) is 0 Å². The standard InChI is InChI=1S/C20H22FN3O3/c1-26-18-12-17(24-8-3-4-9-24)19(27-2)11-15(18)13-22-23-20(25)14-6-5-7-16(21)10-14/h5-7,10-13H,3-4,8-9H2,1-2H3,(H,23,25)/b22-13-. The Morgan fingerprint density at radius 2 is 1.89 bits per heavy atom. The van der Waals surface area contributed by atoms with Crippen molar-refractivity contribution in [2.45, 2.75) is 12.8 Å². The summed E-state index contributed by atoms with van der Waals surface area (Å²) in [5.41, 5.74) is 4.23. The van der Waals surface area contributed by atoms with Crippen LogP contribution in [-0.2, 0) is 0 Å². The molecule has 1 fully saturated rings. The molecule has 1 heterocycles. The van der Waals surface area contributed by atoms with Crippen LogP contribution in [0.3, 0.4) is 0 Å². The highest BCUT2D eigenvalue weighted by Gasteiger charge is 2.19. The highest BCUT2D eigenvalue weighted by atomic mass is 19.1. The highest BCUT2D eigenvalue weighted by molar-refractivity contribution is 5.95. The van der Waals surface area contributed by atoms with E-state index in [-0.39, 0.29) is 5.56 Å². The molecule has 6 nitrogen and oxygen atoms in total. The number of hydrogen-bond donors (Lipinski definition) is 1. The maximum absolute atomic E-state index is 13.2. The van der Waals surface area contributed by atoms with Crippen molar-refractivity contribution in [3.8, 4) is 11.5 Å². The second-order valence-electron chi connectivity index (χ2n) is 6.17. The normalized spacial score (nSPS) is 13.8. The second-order valence-corrected chi connectivity index (χ2v) is 6.17. The van der Waals surface area contributed by atoms with Crippen LogP contribution in [0.5, 0.6) is 11.5 Å². The third-order valence-electron chi connectivity index (χ3n) is 4.43. The predicted molar refractivity (Wildman–Crippen MR) is 102 cm³/mol. The van der Waals surface area contributed by atoms with Crippen LogP contribution in [-0.4, -0.2) is 39.4 Å². The average Bonchev–Trinajstić information content (AvgIpc) is 3.22. The molecule has 2 aromatic carbocycles. The lowest BCUT2D eigenvalue weighted by Gasteiger charge is -2.22. The predicted octanol–water partition coefficient (Wildman–Crippen LogP) is 3.21. The molecule has 1 aliphatic rings. The van der Waals surface area contributed by atoms with Crippen LogP contribution in [0.1, 0.15) is 28.8 Å². The average molecular weight is 371 g/mol. The molecule has 0 aliphatic carbocycles. The summed E-state index contributed by atoms with van der Waals surface area (Å²) in [6.07, 6.45) is 3.79. The van der Waals surface area contributed by atoms with Crippen molar-refractivity contribution in [3.05, 3.63) is 53.3 Å². The Hall–Kier alpha value is -3.09. The van der Waals surface area contributed by atoms with Gasteiger partial charge in [0.1, 0.15) is 17.3 Å². The molecule has 27 heavy (non-hydrogen) atoms. The first kappa shape index (κ1) is 18.7. The molecule has 0 unspecified atom stereocenters. The van der Waals surface area contributed by atoms with Crippen molar-refractivity contribution in [2.24, 2.45) is 5.10 Å². The van der Waals surface area contributed by atoms with Crippen LogP contribution in [0.15, 0.2) is 41.5 Å². The van der Waals surface area contributed by atoms with Gasteiger partial charge in [-0.05, 0) is 37.1 Å². The first-order chi connectivity index (χ1) is 13.1. The van der Waals surface area contributed by atoms with Crippen LogP contribution in [0.4, 0.5) is 10.1 Å². The number of carbonyl (C=O) groups excluding carboxylic acids is 1. The number of hydrazone groups is 1. The molecule has 0 spiro atoms. The Morgan fingerprint density at radius 1 is 1.15 bits per heavy atom. The molecule has 3 rings (SSSR count). The Bertz CT molecular complexity index is 848. The molecule has 0 atom stereocenters. The molecule has 1 aliphatic heterocycles. The Balaban J connectivity index is 1.79. The largest absolute Gasteiger partial charge is 0.496 e. The Labute approximate surface area is 157 Å². The molecule has 1 amide bonds. The van der Waals surface area contributed by atoms with Gasteiger partial charge in [0.25, 0.3) is 5.91 Å². The van der Waals surface area contributed by atoms with Crippen molar-refractivity contribution in [1.29, 1.82) is 0 Å². The third kappa shape index (κ3) is 4.36. The molecule has 1 saturated heterocycles. The minimum atomic E-state index is -0.495. The first-order valence-corrected chi connectivity index (χ1v) is 8.72. The summed E-state index contributed by atoms with van der Waals surface area (Å²) < 4.78 is 24.2. The van der Waals surface area contributed by atoms with E-state index in [4.69, 9.17) is 9.47 Å². The van der Waals surface area contributed by atoms with Gasteiger partial charge >= 0.3 is 0 Å². The monoisotopic (exact) mass is 371 g/mol. The maximum Gasteiger partial charge on any atom is 0.271 e. The number of ether oxygens (including phenoxy) is 2. The van der Waals surface area contributed by atoms with Gasteiger partial charge in [0.05, 0.1) is 26.1 Å². The zero-order valence-corrected chi connectivity index (χ0v) is 15.4. The molecule has 0 bridgehead atoms. The molecule has 1 N–H and O–H groups in total. The van der Waals surface area contributed by atoms with Gasteiger partial charge in [-0.3, -0.25) is 4.79 Å². The van der Waals surface area contributed by atoms with Gasteiger partial charge in [-0.2, -0.15) is 5.10 Å². The van der Waals surface area contributed by atoms with E-state index in [1.54, 1.807) is 14.2 Å². The molecular formula is C20H22FN3O3. The van der Waals surface area contributed by atoms with Crippen LogP contribution >= 0.6 is 0 Å². The van der Waals surface area contributed by atoms with Crippen molar-refractivity contribution >= 4 is 17.8 Å². The number of halogens is 1. The zero-order valence-electron chi connectivity index (χ0n) is 15.4. The van der Waals surface area contributed by atoms with E-state index in [1.165, 1.54) is 24.4 Å². The quantitative estimate of drug-likeness (QED) is 0.626. The smallest absolute Gasteiger partial charge is 0.271 e. The van der Waals surface area contributed by atoms with Crippen LogP contribution in [0, 0.1) is 5.82 Å². The maximum atomic E-state index is 13.2. The number of benzene rings is 2. The third-order valence-corrected chi connectivity index (χ3v) is 4.43. The fourth-order valence-electron chi connectivity index (χ4n) is 3.07. The number of nitrogens with zero attached hydrogens (tertiary/aromatic N) is 2. The van der Waals surface area contributed by atoms with Gasteiger partial charge in [-0.25, -0.2) is 9.82 Å². The lowest BCUT2D eigenvalue weighted by atomic mass is 10.1. The van der Waals surface area contributed by atoms with E-state index in [9.17, 15) is 9.18 Å². The lowest BCUT2D eigenvalue weighted by Crippen LogP contribution is -2.19. The van der Waals surface area contributed by atoms with Crippen molar-refractivity contribution < 1.29 is 18.7 Å². The lowest BCUT2D eigenvalue weighted by molar-refractivity contribution is 0.0954. The topological polar surface area (TPSA) is 63.2 Å². The van der Waals surface area contributed by atoms with Crippen LogP contribution in [0.2, 0.25) is 0 Å². The van der Waals surface area contributed by atoms with E-state index < -0.39 is 11.7 Å². The summed E-state index contributed by atoms with van der Waals surface area (Å²) in [6.45, 7) is 1.97. The molecule has 142 valence electrons. The van der Waals surface area contributed by atoms with Gasteiger partial charge < -0.3 is 14.4 Å². The molecule has 0 radical (unpaired) electrons. The number of rotatable bonds is 6. The van der Waals surface area contributed by atoms with E-state index in [0.717, 1.165) is 43.4 Å². The fraction of sp³-hybridized carbons (Fsp3) is 0.300. The number of hydrogen-bond acceptors (Lipinski definition) is 5. The van der Waals surface area contributed by atoms with Gasteiger partial charge in [0, 0.05) is 30.3 Å². The number of carbonyl (C=O) groups is 1. The summed E-state index contributed by atoms with van der Waals surface area (Å²) >= 11 is 0. The number of methoxy groups -OCH3 is 2. The van der Waals surface area contributed by atoms with Gasteiger partial charge in [-0.1, -0.05) is 6.07 Å². The number of anilines is 1. The van der Waals surface area contributed by atoms with E-state index in [1.807, 2.05) is 12.1 Å². The summed E-state index contributed by atoms with van der Waals surface area (Å²) in [7, 11) is 3.20. The summed E-state index contributed by atoms with van der Waals surface area (Å²) in [5, 5.41) is 3.96. The van der Waals surface area contributed by atoms with Crippen molar-refractivity contribution in [1.82, 2.24) is 5.43 Å². The molecule has 0 aromatic heterocycles. The molecule has 2 aromatic rings. The summed E-state index contributed by atoms with van der Waals surface area (Å²) in [5.74, 6) is 0.373. The zero-order chi connectivity index (χ0) is 19.2. The molecule has 0 saturated carbocycles. The Kier molecular flexibility index (Phi) is 5.90. The van der Waals surface area contributed by atoms with E-state index >= 15 is 0 Å². The fourth-order valence-corrected chi connectivity index (χ4v) is 3.07. The molecular weight excluding hydrogens is 349 g/mol. The minimum absolute atomic E-state index is 0.195. The molecule has 7 heteroatoms. The van der Waals surface area contributed by atoms with Crippen LogP contribution < -0.4 is 19.8 Å². The first-order valence-electron chi connectivity index (χ1n) is 8.72. The SMILES string of the molecule is COc1cc(N2CCCC2)c(OC)cc1/C=N\NC(=O)c1cccc(F)c1. The highest BCUT2D eigenvalue weighted by Crippen LogP contribution is 2.36. The van der Waals surface area contributed by atoms with Crippen LogP contribution in [0.25, 0.3) is 0 Å². The number of amides is 1. The van der Waals surface area contributed by atoms with Crippen molar-refractivity contribution in [2.75, 3.05) is 32.2 Å². The second kappa shape index (κ2) is 8.53. The Morgan fingerprint density at radius 3 is 2.56 bits per heavy atom. The van der Waals surface area contributed by atoms with Gasteiger partial charge in [0.15, 0.2) is 0 Å². The summed E-state index contributed by atoms with van der Waals surface area (Å²) in [4.78, 5) is 14.3. The van der Waals surface area contributed by atoms with Crippen molar-refractivity contribution in [3.63, 3.8) is 0 Å². The van der Waals surface area contributed by atoms with E-state index in [0.29, 0.717) is 11.3 Å².